The Hall–Kier alpha value is -3.43. The number of nitrogens with one attached hydrogen (secondary N) is 2. The molecule has 1 aromatic heterocycles. The Morgan fingerprint density at radius 1 is 1.03 bits per heavy atom. The normalized spacial score (nSPS) is 11.2. The number of benzene rings is 1. The molecule has 31 heavy (non-hydrogen) atoms. The van der Waals surface area contributed by atoms with Crippen molar-refractivity contribution in [1.29, 1.82) is 0 Å². The third-order valence-corrected chi connectivity index (χ3v) is 4.04. The number of nitrogens with zero attached hydrogens (tertiary/aromatic N) is 2. The molecule has 3 amide bonds. The van der Waals surface area contributed by atoms with Gasteiger partial charge in [0.25, 0.3) is 0 Å². The van der Waals surface area contributed by atoms with Crippen molar-refractivity contribution < 1.29 is 27.6 Å². The summed E-state index contributed by atoms with van der Waals surface area (Å²) in [6, 6.07) is 8.86. The first-order chi connectivity index (χ1) is 14.6. The minimum Gasteiger partial charge on any atom is -0.352 e. The third-order valence-electron chi connectivity index (χ3n) is 4.04. The zero-order chi connectivity index (χ0) is 23.0. The van der Waals surface area contributed by atoms with E-state index < -0.39 is 36.0 Å². The third kappa shape index (κ3) is 7.72. The number of amides is 3. The topological polar surface area (TPSA) is 91.4 Å². The number of anilines is 2. The van der Waals surface area contributed by atoms with Gasteiger partial charge in [-0.3, -0.25) is 14.4 Å². The van der Waals surface area contributed by atoms with Crippen molar-refractivity contribution in [3.63, 3.8) is 0 Å². The van der Waals surface area contributed by atoms with Crippen LogP contribution >= 0.6 is 0 Å². The number of carbonyl (C=O) groups excluding carboxylic acids is 3. The van der Waals surface area contributed by atoms with Crippen LogP contribution in [0.5, 0.6) is 0 Å². The van der Waals surface area contributed by atoms with Crippen molar-refractivity contribution >= 4 is 29.2 Å². The van der Waals surface area contributed by atoms with Crippen molar-refractivity contribution in [3.05, 3.63) is 54.2 Å². The van der Waals surface area contributed by atoms with E-state index in [0.717, 1.165) is 23.1 Å². The molecule has 0 fully saturated rings. The van der Waals surface area contributed by atoms with Crippen LogP contribution in [0.15, 0.2) is 48.7 Å². The van der Waals surface area contributed by atoms with Gasteiger partial charge in [0.2, 0.25) is 17.7 Å². The predicted molar refractivity (Wildman–Crippen MR) is 109 cm³/mol. The monoisotopic (exact) mass is 436 g/mol. The summed E-state index contributed by atoms with van der Waals surface area (Å²) in [5.74, 6) is -1.36. The van der Waals surface area contributed by atoms with Gasteiger partial charge in [-0.1, -0.05) is 12.1 Å². The van der Waals surface area contributed by atoms with Crippen LogP contribution in [0.3, 0.4) is 0 Å². The maximum atomic E-state index is 13.1. The molecule has 1 aromatic carbocycles. The lowest BCUT2D eigenvalue weighted by molar-refractivity contribution is -0.137. The molecule has 2 rings (SSSR count). The Morgan fingerprint density at radius 3 is 2.39 bits per heavy atom. The Morgan fingerprint density at radius 2 is 1.77 bits per heavy atom. The number of alkyl halides is 3. The largest absolute Gasteiger partial charge is 0.416 e. The fraction of sp³-hybridized carbons (Fsp3) is 0.333. The minimum atomic E-state index is -4.60. The van der Waals surface area contributed by atoms with Crippen LogP contribution in [0.4, 0.5) is 24.7 Å². The van der Waals surface area contributed by atoms with Crippen LogP contribution in [0.2, 0.25) is 0 Å². The second kappa shape index (κ2) is 10.6. The number of aromatic nitrogens is 1. The maximum Gasteiger partial charge on any atom is 0.416 e. The molecule has 166 valence electrons. The van der Waals surface area contributed by atoms with E-state index in [0.29, 0.717) is 5.82 Å². The summed E-state index contributed by atoms with van der Waals surface area (Å²) in [6.45, 7) is 2.97. The highest BCUT2D eigenvalue weighted by molar-refractivity contribution is 6.01. The standard InChI is InChI=1S/C21H23F3N4O3/c1-14(2)26-19(30)13-28(16-7-5-6-15(12-16)21(22,23)24)20(31)10-9-18(29)27-17-8-3-4-11-25-17/h3-8,11-12,14H,9-10,13H2,1-2H3,(H,26,30)(H,25,27,29). The molecule has 0 saturated heterocycles. The quantitative estimate of drug-likeness (QED) is 0.664. The molecule has 0 aliphatic heterocycles. The summed E-state index contributed by atoms with van der Waals surface area (Å²) in [4.78, 5) is 41.9. The number of pyridine rings is 1. The zero-order valence-corrected chi connectivity index (χ0v) is 17.1. The van der Waals surface area contributed by atoms with Gasteiger partial charge in [0.05, 0.1) is 5.56 Å². The highest BCUT2D eigenvalue weighted by atomic mass is 19.4. The summed E-state index contributed by atoms with van der Waals surface area (Å²) in [5, 5.41) is 5.12. The van der Waals surface area contributed by atoms with Gasteiger partial charge < -0.3 is 15.5 Å². The van der Waals surface area contributed by atoms with Gasteiger partial charge in [-0.25, -0.2) is 4.98 Å². The molecule has 0 aliphatic rings. The van der Waals surface area contributed by atoms with E-state index in [1.165, 1.54) is 12.3 Å². The smallest absolute Gasteiger partial charge is 0.352 e. The van der Waals surface area contributed by atoms with E-state index in [1.54, 1.807) is 32.0 Å². The van der Waals surface area contributed by atoms with Crippen LogP contribution < -0.4 is 15.5 Å². The molecule has 7 nitrogen and oxygen atoms in total. The number of rotatable bonds is 8. The van der Waals surface area contributed by atoms with E-state index in [9.17, 15) is 27.6 Å². The Balaban J connectivity index is 2.14. The Kier molecular flexibility index (Phi) is 8.12. The summed E-state index contributed by atoms with van der Waals surface area (Å²) >= 11 is 0. The van der Waals surface area contributed by atoms with Gasteiger partial charge in [-0.2, -0.15) is 13.2 Å². The van der Waals surface area contributed by atoms with Crippen LogP contribution in [-0.2, 0) is 20.6 Å². The van der Waals surface area contributed by atoms with Crippen molar-refractivity contribution in [2.45, 2.75) is 38.9 Å². The minimum absolute atomic E-state index is 0.0798. The second-order valence-corrected chi connectivity index (χ2v) is 7.01. The first-order valence-electron chi connectivity index (χ1n) is 9.54. The number of halogens is 3. The van der Waals surface area contributed by atoms with Gasteiger partial charge >= 0.3 is 6.18 Å². The molecule has 1 heterocycles. The van der Waals surface area contributed by atoms with Crippen molar-refractivity contribution in [3.8, 4) is 0 Å². The summed E-state index contributed by atoms with van der Waals surface area (Å²) < 4.78 is 39.3. The van der Waals surface area contributed by atoms with Crippen LogP contribution in [0.1, 0.15) is 32.3 Å². The first-order valence-corrected chi connectivity index (χ1v) is 9.54. The average Bonchev–Trinajstić information content (AvgIpc) is 2.70. The van der Waals surface area contributed by atoms with Crippen molar-refractivity contribution in [1.82, 2.24) is 10.3 Å². The van der Waals surface area contributed by atoms with Gasteiger partial charge in [-0.05, 0) is 44.2 Å². The molecule has 0 aliphatic carbocycles. The van der Waals surface area contributed by atoms with Crippen molar-refractivity contribution in [2.24, 2.45) is 0 Å². The molecular weight excluding hydrogens is 413 g/mol. The summed E-state index contributed by atoms with van der Waals surface area (Å²) in [7, 11) is 0. The van der Waals surface area contributed by atoms with E-state index in [-0.39, 0.29) is 24.6 Å². The molecule has 0 unspecified atom stereocenters. The molecule has 2 aromatic rings. The lowest BCUT2D eigenvalue weighted by Crippen LogP contribution is -2.43. The molecule has 0 bridgehead atoms. The fourth-order valence-electron chi connectivity index (χ4n) is 2.68. The van der Waals surface area contributed by atoms with Crippen LogP contribution in [0.25, 0.3) is 0 Å². The van der Waals surface area contributed by atoms with E-state index in [1.807, 2.05) is 0 Å². The highest BCUT2D eigenvalue weighted by Gasteiger charge is 2.31. The Bertz CT molecular complexity index is 918. The molecule has 0 spiro atoms. The van der Waals surface area contributed by atoms with Gasteiger partial charge in [0.1, 0.15) is 12.4 Å². The second-order valence-electron chi connectivity index (χ2n) is 7.01. The highest BCUT2D eigenvalue weighted by Crippen LogP contribution is 2.31. The average molecular weight is 436 g/mol. The van der Waals surface area contributed by atoms with E-state index in [2.05, 4.69) is 15.6 Å². The number of hydrogen-bond acceptors (Lipinski definition) is 4. The first kappa shape index (κ1) is 23.8. The summed E-state index contributed by atoms with van der Waals surface area (Å²) in [5.41, 5.74) is -1.02. The lowest BCUT2D eigenvalue weighted by atomic mass is 10.1. The molecular formula is C21H23F3N4O3. The molecule has 2 N–H and O–H groups in total. The maximum absolute atomic E-state index is 13.1. The fourth-order valence-corrected chi connectivity index (χ4v) is 2.68. The van der Waals surface area contributed by atoms with Crippen molar-refractivity contribution in [2.75, 3.05) is 16.8 Å². The lowest BCUT2D eigenvalue weighted by Gasteiger charge is -2.24. The van der Waals surface area contributed by atoms with E-state index >= 15 is 0 Å². The number of carbonyl (C=O) groups is 3. The molecule has 0 saturated carbocycles. The predicted octanol–water partition coefficient (Wildman–Crippen LogP) is 3.38. The Labute approximate surface area is 177 Å². The van der Waals surface area contributed by atoms with E-state index in [4.69, 9.17) is 0 Å². The molecule has 0 atom stereocenters. The summed E-state index contributed by atoms with van der Waals surface area (Å²) in [6.07, 6.45) is -3.64. The number of hydrogen-bond donors (Lipinski definition) is 2. The SMILES string of the molecule is CC(C)NC(=O)CN(C(=O)CCC(=O)Nc1ccccn1)c1cccc(C(F)(F)F)c1. The zero-order valence-electron chi connectivity index (χ0n) is 17.1. The van der Waals surface area contributed by atoms with Crippen LogP contribution in [0, 0.1) is 0 Å². The van der Waals surface area contributed by atoms with Gasteiger partial charge in [-0.15, -0.1) is 0 Å². The molecule has 10 heteroatoms. The van der Waals surface area contributed by atoms with Gasteiger partial charge in [0.15, 0.2) is 0 Å². The van der Waals surface area contributed by atoms with Crippen LogP contribution in [-0.4, -0.2) is 35.3 Å². The molecule has 0 radical (unpaired) electrons. The van der Waals surface area contributed by atoms with Gasteiger partial charge in [0, 0.05) is 30.8 Å².